The SMILES string of the molecule is O=C(O)c1ccnc(NC(=O)C2CC(F)(F)C2)c1. The molecule has 7 heteroatoms. The van der Waals surface area contributed by atoms with E-state index in [1.807, 2.05) is 0 Å². The van der Waals surface area contributed by atoms with Gasteiger partial charge in [0.2, 0.25) is 11.8 Å². The van der Waals surface area contributed by atoms with E-state index in [0.29, 0.717) is 0 Å². The highest BCUT2D eigenvalue weighted by atomic mass is 19.3. The Labute approximate surface area is 101 Å². The molecule has 0 spiro atoms. The standard InChI is InChI=1S/C11H10F2N2O3/c12-11(13)4-7(5-11)9(16)15-8-3-6(10(17)18)1-2-14-8/h1-3,7H,4-5H2,(H,17,18)(H,14,15,16). The normalized spacial score (nSPS) is 17.9. The molecule has 1 aromatic heterocycles. The molecule has 0 aliphatic heterocycles. The number of pyridine rings is 1. The number of hydrogen-bond donors (Lipinski definition) is 2. The van der Waals surface area contributed by atoms with Crippen molar-refractivity contribution >= 4 is 17.7 Å². The zero-order valence-electron chi connectivity index (χ0n) is 9.19. The highest BCUT2D eigenvalue weighted by Gasteiger charge is 2.48. The second-order valence-electron chi connectivity index (χ2n) is 4.19. The van der Waals surface area contributed by atoms with Crippen LogP contribution in [0.1, 0.15) is 23.2 Å². The molecule has 1 heterocycles. The van der Waals surface area contributed by atoms with E-state index in [2.05, 4.69) is 10.3 Å². The Morgan fingerprint density at radius 1 is 1.44 bits per heavy atom. The first-order chi connectivity index (χ1) is 8.37. The van der Waals surface area contributed by atoms with Crippen molar-refractivity contribution in [1.82, 2.24) is 4.98 Å². The summed E-state index contributed by atoms with van der Waals surface area (Å²) in [5.74, 6) is -5.16. The second kappa shape index (κ2) is 4.32. The summed E-state index contributed by atoms with van der Waals surface area (Å²) in [5.41, 5.74) is -0.0285. The lowest BCUT2D eigenvalue weighted by Crippen LogP contribution is -2.42. The second-order valence-corrected chi connectivity index (χ2v) is 4.19. The number of carboxylic acids is 1. The van der Waals surface area contributed by atoms with Crippen LogP contribution in [0.15, 0.2) is 18.3 Å². The fourth-order valence-corrected chi connectivity index (χ4v) is 1.71. The minimum atomic E-state index is -2.77. The monoisotopic (exact) mass is 256 g/mol. The highest BCUT2D eigenvalue weighted by molar-refractivity contribution is 5.94. The van der Waals surface area contributed by atoms with Crippen molar-refractivity contribution in [2.24, 2.45) is 5.92 Å². The van der Waals surface area contributed by atoms with E-state index in [1.165, 1.54) is 18.3 Å². The van der Waals surface area contributed by atoms with E-state index in [9.17, 15) is 18.4 Å². The Hall–Kier alpha value is -2.05. The first-order valence-electron chi connectivity index (χ1n) is 5.25. The summed E-state index contributed by atoms with van der Waals surface area (Å²) in [5, 5.41) is 11.1. The molecule has 1 aliphatic carbocycles. The van der Waals surface area contributed by atoms with Gasteiger partial charge in [-0.2, -0.15) is 0 Å². The largest absolute Gasteiger partial charge is 0.478 e. The number of hydrogen-bond acceptors (Lipinski definition) is 3. The van der Waals surface area contributed by atoms with Gasteiger partial charge in [-0.3, -0.25) is 4.79 Å². The molecule has 1 aliphatic rings. The lowest BCUT2D eigenvalue weighted by molar-refractivity contribution is -0.145. The first-order valence-corrected chi connectivity index (χ1v) is 5.25. The zero-order chi connectivity index (χ0) is 13.3. The fourth-order valence-electron chi connectivity index (χ4n) is 1.71. The fraction of sp³-hybridized carbons (Fsp3) is 0.364. The highest BCUT2D eigenvalue weighted by Crippen LogP contribution is 2.42. The molecule has 0 saturated heterocycles. The first kappa shape index (κ1) is 12.4. The summed E-state index contributed by atoms with van der Waals surface area (Å²) in [4.78, 5) is 26.0. The molecule has 2 N–H and O–H groups in total. The number of carboxylic acid groups (broad SMARTS) is 1. The minimum absolute atomic E-state index is 0.0285. The van der Waals surface area contributed by atoms with Gasteiger partial charge in [-0.25, -0.2) is 18.6 Å². The van der Waals surface area contributed by atoms with Gasteiger partial charge in [0.25, 0.3) is 0 Å². The van der Waals surface area contributed by atoms with E-state index >= 15 is 0 Å². The third kappa shape index (κ3) is 2.61. The van der Waals surface area contributed by atoms with Crippen LogP contribution in [-0.4, -0.2) is 27.9 Å². The van der Waals surface area contributed by atoms with Gasteiger partial charge in [0, 0.05) is 25.0 Å². The van der Waals surface area contributed by atoms with Gasteiger partial charge in [-0.1, -0.05) is 0 Å². The molecule has 1 amide bonds. The molecule has 5 nitrogen and oxygen atoms in total. The molecular formula is C11H10F2N2O3. The number of carbonyl (C=O) groups excluding carboxylic acids is 1. The minimum Gasteiger partial charge on any atom is -0.478 e. The summed E-state index contributed by atoms with van der Waals surface area (Å²) in [6.45, 7) is 0. The van der Waals surface area contributed by atoms with Crippen LogP contribution >= 0.6 is 0 Å². The summed E-state index contributed by atoms with van der Waals surface area (Å²) < 4.78 is 25.2. The number of nitrogens with one attached hydrogen (secondary N) is 1. The Bertz CT molecular complexity index is 497. The van der Waals surface area contributed by atoms with Crippen molar-refractivity contribution in [3.05, 3.63) is 23.9 Å². The smallest absolute Gasteiger partial charge is 0.335 e. The van der Waals surface area contributed by atoms with Gasteiger partial charge in [-0.05, 0) is 12.1 Å². The van der Waals surface area contributed by atoms with Gasteiger partial charge in [-0.15, -0.1) is 0 Å². The predicted molar refractivity (Wildman–Crippen MR) is 57.5 cm³/mol. The maximum atomic E-state index is 12.6. The Morgan fingerprint density at radius 3 is 2.67 bits per heavy atom. The third-order valence-electron chi connectivity index (χ3n) is 2.72. The Balaban J connectivity index is 2.00. The summed E-state index contributed by atoms with van der Waals surface area (Å²) in [6, 6.07) is 2.45. The summed E-state index contributed by atoms with van der Waals surface area (Å²) in [7, 11) is 0. The third-order valence-corrected chi connectivity index (χ3v) is 2.72. The van der Waals surface area contributed by atoms with Crippen LogP contribution in [0.5, 0.6) is 0 Å². The molecule has 18 heavy (non-hydrogen) atoms. The van der Waals surface area contributed by atoms with Gasteiger partial charge in [0.05, 0.1) is 5.56 Å². The van der Waals surface area contributed by atoms with Crippen LogP contribution in [0, 0.1) is 5.92 Å². The average Bonchev–Trinajstić information content (AvgIpc) is 2.26. The molecule has 1 fully saturated rings. The number of amides is 1. The van der Waals surface area contributed by atoms with E-state index in [1.54, 1.807) is 0 Å². The van der Waals surface area contributed by atoms with Crippen molar-refractivity contribution in [2.75, 3.05) is 5.32 Å². The number of aromatic nitrogens is 1. The number of halogens is 2. The van der Waals surface area contributed by atoms with E-state index in [-0.39, 0.29) is 11.4 Å². The molecule has 2 rings (SSSR count). The number of anilines is 1. The van der Waals surface area contributed by atoms with Gasteiger partial charge in [0.1, 0.15) is 5.82 Å². The maximum Gasteiger partial charge on any atom is 0.335 e. The van der Waals surface area contributed by atoms with Gasteiger partial charge >= 0.3 is 5.97 Å². The van der Waals surface area contributed by atoms with Crippen molar-refractivity contribution in [2.45, 2.75) is 18.8 Å². The summed E-state index contributed by atoms with van der Waals surface area (Å²) in [6.07, 6.45) is 0.281. The van der Waals surface area contributed by atoms with Crippen molar-refractivity contribution in [1.29, 1.82) is 0 Å². The number of alkyl halides is 2. The molecule has 0 atom stereocenters. The van der Waals surface area contributed by atoms with Crippen LogP contribution in [0.2, 0.25) is 0 Å². The number of carbonyl (C=O) groups is 2. The van der Waals surface area contributed by atoms with Crippen LogP contribution in [0.3, 0.4) is 0 Å². The lowest BCUT2D eigenvalue weighted by atomic mass is 9.81. The van der Waals surface area contributed by atoms with Crippen molar-refractivity contribution in [3.63, 3.8) is 0 Å². The maximum absolute atomic E-state index is 12.6. The van der Waals surface area contributed by atoms with Crippen molar-refractivity contribution in [3.8, 4) is 0 Å². The molecule has 1 saturated carbocycles. The van der Waals surface area contributed by atoms with E-state index in [4.69, 9.17) is 5.11 Å². The molecular weight excluding hydrogens is 246 g/mol. The van der Waals surface area contributed by atoms with E-state index in [0.717, 1.165) is 0 Å². The van der Waals surface area contributed by atoms with Gasteiger partial charge in [0.15, 0.2) is 0 Å². The average molecular weight is 256 g/mol. The number of nitrogens with zero attached hydrogens (tertiary/aromatic N) is 1. The molecule has 96 valence electrons. The molecule has 0 radical (unpaired) electrons. The lowest BCUT2D eigenvalue weighted by Gasteiger charge is -2.33. The molecule has 0 aromatic carbocycles. The quantitative estimate of drug-likeness (QED) is 0.863. The van der Waals surface area contributed by atoms with Crippen LogP contribution in [0.25, 0.3) is 0 Å². The van der Waals surface area contributed by atoms with Crippen LogP contribution in [-0.2, 0) is 4.79 Å². The van der Waals surface area contributed by atoms with Crippen LogP contribution < -0.4 is 5.32 Å². The van der Waals surface area contributed by atoms with Crippen LogP contribution in [0.4, 0.5) is 14.6 Å². The summed E-state index contributed by atoms with van der Waals surface area (Å²) >= 11 is 0. The topological polar surface area (TPSA) is 79.3 Å². The molecule has 0 bridgehead atoms. The van der Waals surface area contributed by atoms with Gasteiger partial charge < -0.3 is 10.4 Å². The van der Waals surface area contributed by atoms with Crippen molar-refractivity contribution < 1.29 is 23.5 Å². The Kier molecular flexibility index (Phi) is 2.98. The molecule has 0 unspecified atom stereocenters. The number of rotatable bonds is 3. The molecule has 1 aromatic rings. The Morgan fingerprint density at radius 2 is 2.11 bits per heavy atom. The van der Waals surface area contributed by atoms with E-state index < -0.39 is 36.6 Å². The predicted octanol–water partition coefficient (Wildman–Crippen LogP) is 1.76. The zero-order valence-corrected chi connectivity index (χ0v) is 9.19. The number of aromatic carboxylic acids is 1.